The van der Waals surface area contributed by atoms with E-state index in [1.165, 1.54) is 11.2 Å². The second-order valence-electron chi connectivity index (χ2n) is 5.41. The Kier molecular flexibility index (Phi) is 3.63. The van der Waals surface area contributed by atoms with E-state index in [0.29, 0.717) is 11.4 Å². The SMILES string of the molecule is O=C(c1ccnc(-n2cncn2)c1)N1CCC[C@@H]1c1cccs1. The van der Waals surface area contributed by atoms with Crippen molar-refractivity contribution in [2.45, 2.75) is 18.9 Å². The van der Waals surface area contributed by atoms with Crippen LogP contribution in [0.1, 0.15) is 34.1 Å². The molecule has 1 aliphatic rings. The zero-order chi connectivity index (χ0) is 15.6. The molecule has 23 heavy (non-hydrogen) atoms. The predicted molar refractivity (Wildman–Crippen MR) is 86.5 cm³/mol. The van der Waals surface area contributed by atoms with Crippen molar-refractivity contribution >= 4 is 17.2 Å². The summed E-state index contributed by atoms with van der Waals surface area (Å²) in [6.45, 7) is 0.794. The maximum atomic E-state index is 12.9. The van der Waals surface area contributed by atoms with Gasteiger partial charge < -0.3 is 4.90 Å². The number of likely N-dealkylation sites (tertiary alicyclic amines) is 1. The topological polar surface area (TPSA) is 63.9 Å². The summed E-state index contributed by atoms with van der Waals surface area (Å²) in [7, 11) is 0. The van der Waals surface area contributed by atoms with E-state index < -0.39 is 0 Å². The van der Waals surface area contributed by atoms with E-state index in [1.807, 2.05) is 11.0 Å². The number of carbonyl (C=O) groups excluding carboxylic acids is 1. The molecule has 0 bridgehead atoms. The van der Waals surface area contributed by atoms with E-state index in [9.17, 15) is 4.79 Å². The van der Waals surface area contributed by atoms with Gasteiger partial charge in [0.2, 0.25) is 0 Å². The first-order valence-corrected chi connectivity index (χ1v) is 8.36. The summed E-state index contributed by atoms with van der Waals surface area (Å²) in [5, 5.41) is 6.12. The van der Waals surface area contributed by atoms with Crippen LogP contribution in [0, 0.1) is 0 Å². The molecule has 0 unspecified atom stereocenters. The minimum absolute atomic E-state index is 0.0460. The van der Waals surface area contributed by atoms with Crippen LogP contribution in [0.15, 0.2) is 48.5 Å². The van der Waals surface area contributed by atoms with Crippen LogP contribution < -0.4 is 0 Å². The molecule has 0 aromatic carbocycles. The normalized spacial score (nSPS) is 17.6. The molecule has 4 heterocycles. The molecule has 116 valence electrons. The zero-order valence-electron chi connectivity index (χ0n) is 12.4. The summed E-state index contributed by atoms with van der Waals surface area (Å²) in [6, 6.07) is 7.85. The maximum absolute atomic E-state index is 12.9. The molecule has 4 rings (SSSR count). The maximum Gasteiger partial charge on any atom is 0.254 e. The number of hydrogen-bond acceptors (Lipinski definition) is 5. The molecule has 0 aliphatic carbocycles. The highest BCUT2D eigenvalue weighted by Gasteiger charge is 2.31. The van der Waals surface area contributed by atoms with Crippen molar-refractivity contribution in [3.63, 3.8) is 0 Å². The lowest BCUT2D eigenvalue weighted by atomic mass is 10.1. The van der Waals surface area contributed by atoms with Gasteiger partial charge in [0.25, 0.3) is 5.91 Å². The number of carbonyl (C=O) groups is 1. The molecule has 1 amide bonds. The van der Waals surface area contributed by atoms with Gasteiger partial charge in [-0.3, -0.25) is 4.79 Å². The summed E-state index contributed by atoms with van der Waals surface area (Å²) < 4.78 is 1.55. The van der Waals surface area contributed by atoms with Crippen molar-refractivity contribution in [3.8, 4) is 5.82 Å². The third-order valence-electron chi connectivity index (χ3n) is 4.03. The van der Waals surface area contributed by atoms with Gasteiger partial charge in [0.05, 0.1) is 6.04 Å². The first-order chi connectivity index (χ1) is 11.3. The molecule has 1 aliphatic heterocycles. The second-order valence-corrected chi connectivity index (χ2v) is 6.39. The molecule has 0 radical (unpaired) electrons. The number of thiophene rings is 1. The number of pyridine rings is 1. The predicted octanol–water partition coefficient (Wildman–Crippen LogP) is 2.70. The largest absolute Gasteiger partial charge is 0.331 e. The Balaban J connectivity index is 1.63. The van der Waals surface area contributed by atoms with Crippen molar-refractivity contribution in [2.24, 2.45) is 0 Å². The third kappa shape index (κ3) is 2.63. The minimum atomic E-state index is 0.0460. The van der Waals surface area contributed by atoms with Crippen LogP contribution in [0.4, 0.5) is 0 Å². The molecular weight excluding hydrogens is 310 g/mol. The van der Waals surface area contributed by atoms with E-state index in [-0.39, 0.29) is 11.9 Å². The molecule has 6 nitrogen and oxygen atoms in total. The Labute approximate surface area is 137 Å². The monoisotopic (exact) mass is 325 g/mol. The Bertz CT molecular complexity index is 800. The Hall–Kier alpha value is -2.54. The van der Waals surface area contributed by atoms with Crippen LogP contribution in [-0.4, -0.2) is 37.1 Å². The van der Waals surface area contributed by atoms with Crippen molar-refractivity contribution in [2.75, 3.05) is 6.54 Å². The Morgan fingerprint density at radius 2 is 2.30 bits per heavy atom. The zero-order valence-corrected chi connectivity index (χ0v) is 13.2. The first-order valence-electron chi connectivity index (χ1n) is 7.48. The lowest BCUT2D eigenvalue weighted by Crippen LogP contribution is -2.30. The van der Waals surface area contributed by atoms with Crippen LogP contribution in [0.25, 0.3) is 5.82 Å². The smallest absolute Gasteiger partial charge is 0.254 e. The molecule has 1 saturated heterocycles. The van der Waals surface area contributed by atoms with Gasteiger partial charge in [0.1, 0.15) is 12.7 Å². The van der Waals surface area contributed by atoms with E-state index in [1.54, 1.807) is 40.7 Å². The first kappa shape index (κ1) is 14.1. The molecule has 0 N–H and O–H groups in total. The molecule has 7 heteroatoms. The fourth-order valence-corrected chi connectivity index (χ4v) is 3.83. The fraction of sp³-hybridized carbons (Fsp3) is 0.250. The highest BCUT2D eigenvalue weighted by atomic mass is 32.1. The van der Waals surface area contributed by atoms with Crippen LogP contribution in [0.5, 0.6) is 0 Å². The van der Waals surface area contributed by atoms with Gasteiger partial charge in [-0.2, -0.15) is 5.10 Å². The van der Waals surface area contributed by atoms with Crippen molar-refractivity contribution < 1.29 is 4.79 Å². The van der Waals surface area contributed by atoms with E-state index in [2.05, 4.69) is 26.5 Å². The molecule has 0 spiro atoms. The van der Waals surface area contributed by atoms with Crippen LogP contribution in [0.2, 0.25) is 0 Å². The minimum Gasteiger partial charge on any atom is -0.331 e. The summed E-state index contributed by atoms with van der Waals surface area (Å²) in [6.07, 6.45) is 6.72. The van der Waals surface area contributed by atoms with Gasteiger partial charge in [0, 0.05) is 23.2 Å². The number of amides is 1. The number of rotatable bonds is 3. The molecule has 1 atom stereocenters. The lowest BCUT2D eigenvalue weighted by molar-refractivity contribution is 0.0737. The Morgan fingerprint density at radius 3 is 3.09 bits per heavy atom. The quantitative estimate of drug-likeness (QED) is 0.743. The standard InChI is InChI=1S/C16H15N5OS/c22-16(20-7-1-3-13(20)14-4-2-8-23-14)12-5-6-18-15(9-12)21-11-17-10-19-21/h2,4-6,8-11,13H,1,3,7H2/t13-/m1/s1. The summed E-state index contributed by atoms with van der Waals surface area (Å²) in [4.78, 5) is 24.3. The van der Waals surface area contributed by atoms with Crippen LogP contribution in [0.3, 0.4) is 0 Å². The van der Waals surface area contributed by atoms with Crippen molar-refractivity contribution in [3.05, 3.63) is 58.9 Å². The molecule has 1 fully saturated rings. The fourth-order valence-electron chi connectivity index (χ4n) is 2.96. The van der Waals surface area contributed by atoms with E-state index in [0.717, 1.165) is 19.4 Å². The van der Waals surface area contributed by atoms with Crippen molar-refractivity contribution in [1.29, 1.82) is 0 Å². The van der Waals surface area contributed by atoms with Gasteiger partial charge in [0.15, 0.2) is 5.82 Å². The second kappa shape index (κ2) is 5.92. The highest BCUT2D eigenvalue weighted by Crippen LogP contribution is 2.35. The van der Waals surface area contributed by atoms with Gasteiger partial charge in [-0.25, -0.2) is 14.6 Å². The van der Waals surface area contributed by atoms with Crippen molar-refractivity contribution in [1.82, 2.24) is 24.6 Å². The molecule has 3 aromatic heterocycles. The van der Waals surface area contributed by atoms with Crippen LogP contribution >= 0.6 is 11.3 Å². The van der Waals surface area contributed by atoms with Gasteiger partial charge >= 0.3 is 0 Å². The van der Waals surface area contributed by atoms with Crippen LogP contribution in [-0.2, 0) is 0 Å². The lowest BCUT2D eigenvalue weighted by Gasteiger charge is -2.24. The number of aromatic nitrogens is 4. The number of hydrogen-bond donors (Lipinski definition) is 0. The molecular formula is C16H15N5OS. The highest BCUT2D eigenvalue weighted by molar-refractivity contribution is 7.10. The Morgan fingerprint density at radius 1 is 1.35 bits per heavy atom. The third-order valence-corrected chi connectivity index (χ3v) is 5.00. The summed E-state index contributed by atoms with van der Waals surface area (Å²) in [5.41, 5.74) is 0.633. The average molecular weight is 325 g/mol. The molecule has 0 saturated carbocycles. The molecule has 3 aromatic rings. The van der Waals surface area contributed by atoms with E-state index in [4.69, 9.17) is 0 Å². The average Bonchev–Trinajstić information content (AvgIpc) is 3.35. The van der Waals surface area contributed by atoms with E-state index >= 15 is 0 Å². The number of nitrogens with zero attached hydrogens (tertiary/aromatic N) is 5. The van der Waals surface area contributed by atoms with Gasteiger partial charge in [-0.1, -0.05) is 6.07 Å². The van der Waals surface area contributed by atoms with Gasteiger partial charge in [-0.05, 0) is 36.4 Å². The summed E-state index contributed by atoms with van der Waals surface area (Å²) in [5.74, 6) is 0.643. The summed E-state index contributed by atoms with van der Waals surface area (Å²) >= 11 is 1.71. The van der Waals surface area contributed by atoms with Gasteiger partial charge in [-0.15, -0.1) is 11.3 Å².